The topological polar surface area (TPSA) is 108 Å². The van der Waals surface area contributed by atoms with Crippen LogP contribution in [0.25, 0.3) is 0 Å². The van der Waals surface area contributed by atoms with E-state index in [1.54, 1.807) is 37.8 Å². The van der Waals surface area contributed by atoms with E-state index in [0.717, 1.165) is 0 Å². The minimum Gasteiger partial charge on any atom is -0.508 e. The molecule has 3 amide bonds. The number of nitrogens with zero attached hydrogens (tertiary/aromatic N) is 1. The number of amides is 3. The van der Waals surface area contributed by atoms with E-state index < -0.39 is 11.7 Å². The first-order valence-electron chi connectivity index (χ1n) is 8.98. The first-order valence-corrected chi connectivity index (χ1v) is 8.98. The fraction of sp³-hybridized carbons (Fsp3) is 0.526. The SMILES string of the molecule is CC(C)(C)OC(=O)NCC(=O)NC1CCN(C(=O)c2cccc(O)c2)CC1. The summed E-state index contributed by atoms with van der Waals surface area (Å²) in [6, 6.07) is 6.21. The van der Waals surface area contributed by atoms with Crippen molar-refractivity contribution >= 4 is 17.9 Å². The molecular formula is C19H27N3O5. The summed E-state index contributed by atoms with van der Waals surface area (Å²) < 4.78 is 5.08. The first-order chi connectivity index (χ1) is 12.6. The number of piperidine rings is 1. The number of benzene rings is 1. The Kier molecular flexibility index (Phi) is 6.65. The number of hydrogen-bond donors (Lipinski definition) is 3. The Morgan fingerprint density at radius 3 is 2.48 bits per heavy atom. The Balaban J connectivity index is 1.73. The average molecular weight is 377 g/mol. The monoisotopic (exact) mass is 377 g/mol. The lowest BCUT2D eigenvalue weighted by Crippen LogP contribution is -2.49. The molecule has 1 heterocycles. The summed E-state index contributed by atoms with van der Waals surface area (Å²) in [6.45, 7) is 6.12. The number of ether oxygens (including phenoxy) is 1. The quantitative estimate of drug-likeness (QED) is 0.739. The molecule has 1 aromatic carbocycles. The molecule has 27 heavy (non-hydrogen) atoms. The molecule has 1 fully saturated rings. The maximum atomic E-state index is 12.4. The molecule has 0 unspecified atom stereocenters. The van der Waals surface area contributed by atoms with Crippen LogP contribution in [0.15, 0.2) is 24.3 Å². The molecule has 0 radical (unpaired) electrons. The zero-order chi connectivity index (χ0) is 20.0. The van der Waals surface area contributed by atoms with Crippen LogP contribution in [0.2, 0.25) is 0 Å². The van der Waals surface area contributed by atoms with Crippen molar-refractivity contribution in [1.82, 2.24) is 15.5 Å². The molecule has 8 heteroatoms. The van der Waals surface area contributed by atoms with Crippen molar-refractivity contribution in [3.8, 4) is 5.75 Å². The normalized spacial score (nSPS) is 15.1. The van der Waals surface area contributed by atoms with Crippen LogP contribution in [0.3, 0.4) is 0 Å². The Morgan fingerprint density at radius 1 is 1.22 bits per heavy atom. The predicted molar refractivity (Wildman–Crippen MR) is 99.4 cm³/mol. The van der Waals surface area contributed by atoms with E-state index in [9.17, 15) is 19.5 Å². The van der Waals surface area contributed by atoms with Crippen molar-refractivity contribution in [3.05, 3.63) is 29.8 Å². The van der Waals surface area contributed by atoms with Crippen LogP contribution in [0, 0.1) is 0 Å². The molecule has 148 valence electrons. The van der Waals surface area contributed by atoms with Gasteiger partial charge in [-0.3, -0.25) is 9.59 Å². The Hall–Kier alpha value is -2.77. The maximum Gasteiger partial charge on any atom is 0.408 e. The minimum atomic E-state index is -0.635. The fourth-order valence-corrected chi connectivity index (χ4v) is 2.79. The highest BCUT2D eigenvalue weighted by molar-refractivity contribution is 5.94. The number of nitrogens with one attached hydrogen (secondary N) is 2. The number of aromatic hydroxyl groups is 1. The lowest BCUT2D eigenvalue weighted by molar-refractivity contribution is -0.121. The fourth-order valence-electron chi connectivity index (χ4n) is 2.79. The van der Waals surface area contributed by atoms with Gasteiger partial charge in [-0.2, -0.15) is 0 Å². The number of hydrogen-bond acceptors (Lipinski definition) is 5. The number of phenols is 1. The summed E-state index contributed by atoms with van der Waals surface area (Å²) in [4.78, 5) is 37.7. The smallest absolute Gasteiger partial charge is 0.408 e. The van der Waals surface area contributed by atoms with Gasteiger partial charge >= 0.3 is 6.09 Å². The van der Waals surface area contributed by atoms with Crippen molar-refractivity contribution in [2.75, 3.05) is 19.6 Å². The summed E-state index contributed by atoms with van der Waals surface area (Å²) >= 11 is 0. The van der Waals surface area contributed by atoms with Crippen molar-refractivity contribution in [1.29, 1.82) is 0 Å². The Labute approximate surface area is 158 Å². The summed E-state index contributed by atoms with van der Waals surface area (Å²) in [5, 5.41) is 14.8. The second-order valence-corrected chi connectivity index (χ2v) is 7.54. The molecule has 0 bridgehead atoms. The van der Waals surface area contributed by atoms with E-state index in [0.29, 0.717) is 31.5 Å². The molecule has 0 aliphatic carbocycles. The second-order valence-electron chi connectivity index (χ2n) is 7.54. The van der Waals surface area contributed by atoms with Gasteiger partial charge in [0.05, 0.1) is 0 Å². The van der Waals surface area contributed by atoms with E-state index in [-0.39, 0.29) is 30.2 Å². The maximum absolute atomic E-state index is 12.4. The molecule has 8 nitrogen and oxygen atoms in total. The molecule has 3 N–H and O–H groups in total. The molecule has 1 saturated heterocycles. The van der Waals surface area contributed by atoms with E-state index in [1.807, 2.05) is 0 Å². The van der Waals surface area contributed by atoms with Gasteiger partial charge in [0.2, 0.25) is 5.91 Å². The van der Waals surface area contributed by atoms with Crippen molar-refractivity contribution in [2.24, 2.45) is 0 Å². The van der Waals surface area contributed by atoms with Crippen molar-refractivity contribution in [3.63, 3.8) is 0 Å². The van der Waals surface area contributed by atoms with E-state index in [4.69, 9.17) is 4.74 Å². The minimum absolute atomic E-state index is 0.0498. The van der Waals surface area contributed by atoms with Crippen LogP contribution in [0.5, 0.6) is 5.75 Å². The molecule has 1 aromatic rings. The predicted octanol–water partition coefficient (Wildman–Crippen LogP) is 1.64. The molecule has 0 atom stereocenters. The van der Waals surface area contributed by atoms with Crippen molar-refractivity contribution < 1.29 is 24.2 Å². The Morgan fingerprint density at radius 2 is 1.89 bits per heavy atom. The summed E-state index contributed by atoms with van der Waals surface area (Å²) in [5.41, 5.74) is -0.172. The summed E-state index contributed by atoms with van der Waals surface area (Å²) in [7, 11) is 0. The molecular weight excluding hydrogens is 350 g/mol. The molecule has 1 aliphatic rings. The number of rotatable bonds is 4. The van der Waals surface area contributed by atoms with Gasteiger partial charge in [-0.1, -0.05) is 6.07 Å². The number of alkyl carbamates (subject to hydrolysis) is 1. The zero-order valence-corrected chi connectivity index (χ0v) is 15.9. The largest absolute Gasteiger partial charge is 0.508 e. The molecule has 2 rings (SSSR count). The summed E-state index contributed by atoms with van der Waals surface area (Å²) in [5.74, 6) is -0.374. The van der Waals surface area contributed by atoms with Gasteiger partial charge in [0, 0.05) is 24.7 Å². The second kappa shape index (κ2) is 8.75. The van der Waals surface area contributed by atoms with E-state index in [2.05, 4.69) is 10.6 Å². The van der Waals surface area contributed by atoms with Crippen LogP contribution >= 0.6 is 0 Å². The highest BCUT2D eigenvalue weighted by Crippen LogP contribution is 2.17. The standard InChI is InChI=1S/C19H27N3O5/c1-19(2,3)27-18(26)20-12-16(24)21-14-7-9-22(10-8-14)17(25)13-5-4-6-15(23)11-13/h4-6,11,14,23H,7-10,12H2,1-3H3,(H,20,26)(H,21,24). The van der Waals surface area contributed by atoms with E-state index >= 15 is 0 Å². The molecule has 0 aromatic heterocycles. The van der Waals surface area contributed by atoms with Crippen LogP contribution in [-0.2, 0) is 9.53 Å². The van der Waals surface area contributed by atoms with Gasteiger partial charge in [0.15, 0.2) is 0 Å². The molecule has 0 saturated carbocycles. The first kappa shape index (κ1) is 20.5. The number of likely N-dealkylation sites (tertiary alicyclic amines) is 1. The third kappa shape index (κ3) is 6.80. The van der Waals surface area contributed by atoms with E-state index in [1.165, 1.54) is 12.1 Å². The van der Waals surface area contributed by atoms with Gasteiger partial charge in [-0.25, -0.2) is 4.79 Å². The van der Waals surface area contributed by atoms with Gasteiger partial charge in [-0.05, 0) is 51.8 Å². The van der Waals surface area contributed by atoms with Crippen LogP contribution in [-0.4, -0.2) is 59.2 Å². The highest BCUT2D eigenvalue weighted by atomic mass is 16.6. The molecule has 1 aliphatic heterocycles. The van der Waals surface area contributed by atoms with Crippen molar-refractivity contribution in [2.45, 2.75) is 45.3 Å². The lowest BCUT2D eigenvalue weighted by Gasteiger charge is -2.32. The third-order valence-electron chi connectivity index (χ3n) is 4.03. The number of carbonyl (C=O) groups excluding carboxylic acids is 3. The number of phenolic OH excluding ortho intramolecular Hbond substituents is 1. The van der Waals surface area contributed by atoms with Crippen LogP contribution in [0.1, 0.15) is 44.0 Å². The molecule has 0 spiro atoms. The zero-order valence-electron chi connectivity index (χ0n) is 15.9. The average Bonchev–Trinajstić information content (AvgIpc) is 2.58. The Bertz CT molecular complexity index is 691. The lowest BCUT2D eigenvalue weighted by atomic mass is 10.0. The van der Waals surface area contributed by atoms with Gasteiger partial charge in [0.1, 0.15) is 17.9 Å². The number of carbonyl (C=O) groups is 3. The summed E-state index contributed by atoms with van der Waals surface area (Å²) in [6.07, 6.45) is 0.620. The van der Waals surface area contributed by atoms with Gasteiger partial charge in [-0.15, -0.1) is 0 Å². The van der Waals surface area contributed by atoms with Gasteiger partial charge < -0.3 is 25.4 Å². The van der Waals surface area contributed by atoms with Crippen LogP contribution < -0.4 is 10.6 Å². The van der Waals surface area contributed by atoms with Crippen LogP contribution in [0.4, 0.5) is 4.79 Å². The van der Waals surface area contributed by atoms with Gasteiger partial charge in [0.25, 0.3) is 5.91 Å². The third-order valence-corrected chi connectivity index (χ3v) is 4.03. The highest BCUT2D eigenvalue weighted by Gasteiger charge is 2.25.